The Bertz CT molecular complexity index is 1860. The lowest BCUT2D eigenvalue weighted by molar-refractivity contribution is 0.0130. The maximum Gasteiger partial charge on any atom is 0.410 e. The van der Waals surface area contributed by atoms with E-state index in [0.717, 1.165) is 5.56 Å². The Labute approximate surface area is 266 Å². The number of nitrogens with zero attached hydrogens (tertiary/aromatic N) is 6. The predicted molar refractivity (Wildman–Crippen MR) is 176 cm³/mol. The van der Waals surface area contributed by atoms with Gasteiger partial charge in [0.05, 0.1) is 15.9 Å². The Morgan fingerprint density at radius 2 is 1.76 bits per heavy atom. The molecule has 240 valence electrons. The van der Waals surface area contributed by atoms with E-state index in [2.05, 4.69) is 20.0 Å². The van der Waals surface area contributed by atoms with Gasteiger partial charge in [0.1, 0.15) is 16.9 Å². The number of likely N-dealkylation sites (N-methyl/N-ethyl adjacent to an activating group) is 1. The van der Waals surface area contributed by atoms with E-state index in [4.69, 9.17) is 26.3 Å². The average Bonchev–Trinajstić information content (AvgIpc) is 3.29. The van der Waals surface area contributed by atoms with E-state index in [0.29, 0.717) is 65.8 Å². The summed E-state index contributed by atoms with van der Waals surface area (Å²) in [6, 6.07) is 5.18. The molecule has 2 aromatic carbocycles. The molecular weight excluding hydrogens is 599 g/mol. The summed E-state index contributed by atoms with van der Waals surface area (Å²) in [4.78, 5) is 43.3. The largest absolute Gasteiger partial charge is 0.444 e. The normalized spacial score (nSPS) is 19.6. The van der Waals surface area contributed by atoms with Gasteiger partial charge in [0.2, 0.25) is 5.95 Å². The van der Waals surface area contributed by atoms with Gasteiger partial charge in [-0.05, 0) is 73.3 Å². The minimum atomic E-state index is -0.612. The molecule has 0 radical (unpaired) electrons. The first-order chi connectivity index (χ1) is 21.1. The van der Waals surface area contributed by atoms with Crippen molar-refractivity contribution < 1.29 is 13.9 Å². The molecule has 2 fully saturated rings. The van der Waals surface area contributed by atoms with Gasteiger partial charge in [-0.2, -0.15) is 4.98 Å². The smallest absolute Gasteiger partial charge is 0.410 e. The van der Waals surface area contributed by atoms with Gasteiger partial charge in [-0.25, -0.2) is 14.2 Å². The highest BCUT2D eigenvalue weighted by molar-refractivity contribution is 6.35. The number of carbonyl (C=O) groups excluding carboxylic acids is 1. The number of ether oxygens (including phenoxy) is 1. The molecule has 45 heavy (non-hydrogen) atoms. The number of aryl methyl sites for hydroxylation is 1. The quantitative estimate of drug-likeness (QED) is 0.316. The molecule has 2 saturated heterocycles. The number of piperazine rings is 1. The number of hydrogen-bond acceptors (Lipinski definition) is 8. The third-order valence-electron chi connectivity index (χ3n) is 8.82. The number of hydrogen-bond donors (Lipinski definition) is 2. The Hall–Kier alpha value is -3.90. The van der Waals surface area contributed by atoms with Crippen molar-refractivity contribution >= 4 is 51.3 Å². The Morgan fingerprint density at radius 3 is 2.42 bits per heavy atom. The lowest BCUT2D eigenvalue weighted by Gasteiger charge is -2.46. The number of fused-ring (bicyclic) bond motifs is 2. The zero-order chi connectivity index (χ0) is 32.5. The fraction of sp³-hybridized carbons (Fsp3) is 0.500. The van der Waals surface area contributed by atoms with Crippen LogP contribution in [-0.2, 0) is 4.74 Å². The van der Waals surface area contributed by atoms with Crippen molar-refractivity contribution in [1.29, 1.82) is 0 Å². The summed E-state index contributed by atoms with van der Waals surface area (Å²) in [5.41, 5.74) is 1.14. The lowest BCUT2D eigenvalue weighted by Crippen LogP contribution is -2.59. The van der Waals surface area contributed by atoms with E-state index >= 15 is 4.39 Å². The zero-order valence-electron chi connectivity index (χ0n) is 27.0. The Balaban J connectivity index is 1.49. The second-order valence-electron chi connectivity index (χ2n) is 13.6. The van der Waals surface area contributed by atoms with Crippen molar-refractivity contribution in [2.24, 2.45) is 0 Å². The highest BCUT2D eigenvalue weighted by Gasteiger charge is 2.38. The number of carbonyl (C=O) groups is 1. The van der Waals surface area contributed by atoms with Crippen LogP contribution in [0.5, 0.6) is 0 Å². The highest BCUT2D eigenvalue weighted by Crippen LogP contribution is 2.42. The second kappa shape index (κ2) is 11.2. The molecule has 0 spiro atoms. The molecule has 4 aromatic rings. The maximum atomic E-state index is 17.0. The summed E-state index contributed by atoms with van der Waals surface area (Å²) in [5, 5.41) is 6.58. The van der Waals surface area contributed by atoms with E-state index in [1.54, 1.807) is 23.1 Å². The number of nitrogens with one attached hydrogen (secondary N) is 2. The summed E-state index contributed by atoms with van der Waals surface area (Å²) in [5.74, 6) is 0.406. The number of aromatic amines is 2. The Morgan fingerprint density at radius 1 is 1.04 bits per heavy atom. The summed E-state index contributed by atoms with van der Waals surface area (Å²) in [7, 11) is 4.06. The number of rotatable bonds is 4. The molecule has 11 nitrogen and oxygen atoms in total. The van der Waals surface area contributed by atoms with Crippen LogP contribution in [0.4, 0.5) is 21.0 Å². The van der Waals surface area contributed by atoms with Crippen LogP contribution in [-0.4, -0.2) is 100 Å². The van der Waals surface area contributed by atoms with E-state index in [1.165, 1.54) is 0 Å². The number of anilines is 2. The number of aromatic nitrogens is 4. The van der Waals surface area contributed by atoms with Crippen molar-refractivity contribution in [3.63, 3.8) is 0 Å². The van der Waals surface area contributed by atoms with Crippen LogP contribution in [0.3, 0.4) is 0 Å². The molecule has 2 aliphatic rings. The molecule has 6 rings (SSSR count). The first-order valence-electron chi connectivity index (χ1n) is 15.2. The summed E-state index contributed by atoms with van der Waals surface area (Å²) < 4.78 is 22.6. The second-order valence-corrected chi connectivity index (χ2v) is 14.0. The van der Waals surface area contributed by atoms with Crippen LogP contribution in [0.15, 0.2) is 23.0 Å². The molecule has 4 heterocycles. The number of benzene rings is 2. The van der Waals surface area contributed by atoms with Gasteiger partial charge in [-0.1, -0.05) is 17.7 Å². The van der Waals surface area contributed by atoms with Gasteiger partial charge in [0.25, 0.3) is 5.56 Å². The molecule has 2 N–H and O–H groups in total. The molecule has 2 aromatic heterocycles. The zero-order valence-corrected chi connectivity index (χ0v) is 27.7. The third-order valence-corrected chi connectivity index (χ3v) is 9.12. The van der Waals surface area contributed by atoms with E-state index in [1.807, 2.05) is 60.5 Å². The fourth-order valence-corrected chi connectivity index (χ4v) is 6.52. The minimum Gasteiger partial charge on any atom is -0.444 e. The average molecular weight is 639 g/mol. The SMILES string of the molecule is Cc1ccc2c(=O)[nH][nH]c2c1-c1c(Cl)cc2c(N3C[C@@H](C)N(C(=O)OC(C)(C)C)C[C@@H]3C)nc(N3CC(N(C)C)C3)nc2c1F. The molecule has 0 saturated carbocycles. The topological polar surface area (TPSA) is 114 Å². The molecule has 1 amide bonds. The predicted octanol–water partition coefficient (Wildman–Crippen LogP) is 5.15. The summed E-state index contributed by atoms with van der Waals surface area (Å²) in [6.07, 6.45) is -0.365. The molecular formula is C32H40ClFN8O3. The Kier molecular flexibility index (Phi) is 7.72. The lowest BCUT2D eigenvalue weighted by atomic mass is 9.96. The van der Waals surface area contributed by atoms with Gasteiger partial charge < -0.3 is 24.3 Å². The van der Waals surface area contributed by atoms with Crippen LogP contribution < -0.4 is 15.4 Å². The number of halogens is 2. The van der Waals surface area contributed by atoms with E-state index in [-0.39, 0.29) is 39.8 Å². The van der Waals surface area contributed by atoms with Crippen molar-refractivity contribution in [2.75, 3.05) is 50.1 Å². The van der Waals surface area contributed by atoms with E-state index < -0.39 is 11.4 Å². The van der Waals surface area contributed by atoms with Crippen LogP contribution in [0.25, 0.3) is 32.9 Å². The van der Waals surface area contributed by atoms with Gasteiger partial charge in [-0.3, -0.25) is 15.0 Å². The first-order valence-corrected chi connectivity index (χ1v) is 15.6. The van der Waals surface area contributed by atoms with E-state index in [9.17, 15) is 9.59 Å². The summed E-state index contributed by atoms with van der Waals surface area (Å²) >= 11 is 6.92. The van der Waals surface area contributed by atoms with Gasteiger partial charge in [0, 0.05) is 60.8 Å². The summed E-state index contributed by atoms with van der Waals surface area (Å²) in [6.45, 7) is 13.7. The molecule has 0 bridgehead atoms. The van der Waals surface area contributed by atoms with Crippen molar-refractivity contribution in [1.82, 2.24) is 30.0 Å². The molecule has 2 atom stereocenters. The van der Waals surface area contributed by atoms with Crippen molar-refractivity contribution in [3.05, 3.63) is 45.0 Å². The van der Waals surface area contributed by atoms with Gasteiger partial charge >= 0.3 is 6.09 Å². The maximum absolute atomic E-state index is 17.0. The standard InChI is InChI=1S/C32H40ClFN8O3/c1-16-9-10-20-26(37-38-29(20)43)23(16)24-22(33)11-21-27(25(24)34)35-30(40-14-19(15-40)39(7)8)36-28(21)41-12-18(3)42(13-17(41)2)31(44)45-32(4,5)6/h9-11,17-19H,12-15H2,1-8H3,(H2,37,38,43)/t17-,18+/m0/s1. The van der Waals surface area contributed by atoms with Crippen LogP contribution in [0.1, 0.15) is 40.2 Å². The molecule has 0 unspecified atom stereocenters. The van der Waals surface area contributed by atoms with Crippen LogP contribution in [0, 0.1) is 12.7 Å². The third kappa shape index (κ3) is 5.48. The van der Waals surface area contributed by atoms with Crippen LogP contribution in [0.2, 0.25) is 5.02 Å². The minimum absolute atomic E-state index is 0.145. The van der Waals surface area contributed by atoms with Crippen molar-refractivity contribution in [2.45, 2.75) is 65.3 Å². The van der Waals surface area contributed by atoms with Crippen LogP contribution >= 0.6 is 11.6 Å². The molecule has 0 aliphatic carbocycles. The monoisotopic (exact) mass is 638 g/mol. The first kappa shape index (κ1) is 31.1. The molecule has 2 aliphatic heterocycles. The fourth-order valence-electron chi connectivity index (χ4n) is 6.23. The van der Waals surface area contributed by atoms with Crippen molar-refractivity contribution in [3.8, 4) is 11.1 Å². The highest BCUT2D eigenvalue weighted by atomic mass is 35.5. The molecule has 13 heteroatoms. The number of amides is 1. The van der Waals surface area contributed by atoms with Gasteiger partial charge in [0.15, 0.2) is 5.82 Å². The van der Waals surface area contributed by atoms with Gasteiger partial charge in [-0.15, -0.1) is 0 Å². The number of H-pyrrole nitrogens is 2.